The van der Waals surface area contributed by atoms with Crippen LogP contribution in [0.15, 0.2) is 22.6 Å². The zero-order valence-corrected chi connectivity index (χ0v) is 10.2. The van der Waals surface area contributed by atoms with E-state index >= 15 is 0 Å². The standard InChI is InChI=1S/C11H12N2O3S/c1-16-9(14)3-2-5-13-7-12-8-4-6-17-10(8)11(13)15/h4,6-7H,2-3,5H2,1H3. The van der Waals surface area contributed by atoms with Crippen molar-refractivity contribution in [3.05, 3.63) is 28.1 Å². The maximum Gasteiger partial charge on any atom is 0.305 e. The number of thiophene rings is 1. The van der Waals surface area contributed by atoms with Gasteiger partial charge in [0.15, 0.2) is 0 Å². The first-order chi connectivity index (χ1) is 8.22. The quantitative estimate of drug-likeness (QED) is 0.772. The summed E-state index contributed by atoms with van der Waals surface area (Å²) in [7, 11) is 1.35. The molecule has 0 unspecified atom stereocenters. The van der Waals surface area contributed by atoms with Gasteiger partial charge < -0.3 is 4.74 Å². The van der Waals surface area contributed by atoms with Gasteiger partial charge in [-0.1, -0.05) is 0 Å². The number of carbonyl (C=O) groups excluding carboxylic acids is 1. The number of nitrogens with zero attached hydrogens (tertiary/aromatic N) is 2. The highest BCUT2D eigenvalue weighted by Gasteiger charge is 2.06. The average molecular weight is 252 g/mol. The lowest BCUT2D eigenvalue weighted by atomic mass is 10.3. The van der Waals surface area contributed by atoms with Gasteiger partial charge in [-0.05, 0) is 17.9 Å². The van der Waals surface area contributed by atoms with Gasteiger partial charge in [0.25, 0.3) is 5.56 Å². The molecule has 0 fully saturated rings. The molecular formula is C11H12N2O3S. The van der Waals surface area contributed by atoms with Crippen molar-refractivity contribution in [1.29, 1.82) is 0 Å². The number of fused-ring (bicyclic) bond motifs is 1. The van der Waals surface area contributed by atoms with Crippen molar-refractivity contribution in [3.63, 3.8) is 0 Å². The molecule has 0 amide bonds. The molecule has 0 aliphatic carbocycles. The van der Waals surface area contributed by atoms with Gasteiger partial charge in [-0.3, -0.25) is 14.2 Å². The first-order valence-electron chi connectivity index (χ1n) is 5.22. The van der Waals surface area contributed by atoms with E-state index in [1.165, 1.54) is 29.3 Å². The lowest BCUT2D eigenvalue weighted by Crippen LogP contribution is -2.20. The van der Waals surface area contributed by atoms with Crippen LogP contribution in [0.4, 0.5) is 0 Å². The predicted molar refractivity (Wildman–Crippen MR) is 65.1 cm³/mol. The van der Waals surface area contributed by atoms with Crippen molar-refractivity contribution < 1.29 is 9.53 Å². The molecule has 0 aliphatic rings. The zero-order valence-electron chi connectivity index (χ0n) is 9.38. The minimum Gasteiger partial charge on any atom is -0.469 e. The highest BCUT2D eigenvalue weighted by Crippen LogP contribution is 2.13. The molecule has 0 N–H and O–H groups in total. The topological polar surface area (TPSA) is 61.2 Å². The van der Waals surface area contributed by atoms with Crippen LogP contribution in [-0.4, -0.2) is 22.6 Å². The molecule has 0 spiro atoms. The maximum absolute atomic E-state index is 12.0. The lowest BCUT2D eigenvalue weighted by molar-refractivity contribution is -0.140. The molecule has 0 saturated carbocycles. The minimum absolute atomic E-state index is 0.0464. The van der Waals surface area contributed by atoms with Crippen LogP contribution in [0.5, 0.6) is 0 Å². The third-order valence-corrected chi connectivity index (χ3v) is 3.33. The number of hydrogen-bond donors (Lipinski definition) is 0. The largest absolute Gasteiger partial charge is 0.469 e. The van der Waals surface area contributed by atoms with E-state index in [-0.39, 0.29) is 11.5 Å². The zero-order chi connectivity index (χ0) is 12.3. The summed E-state index contributed by atoms with van der Waals surface area (Å²) in [6, 6.07) is 1.82. The SMILES string of the molecule is COC(=O)CCCn1cnc2ccsc2c1=O. The average Bonchev–Trinajstić information content (AvgIpc) is 2.81. The molecule has 17 heavy (non-hydrogen) atoms. The Morgan fingerprint density at radius 2 is 2.41 bits per heavy atom. The first-order valence-corrected chi connectivity index (χ1v) is 6.10. The minimum atomic E-state index is -0.261. The van der Waals surface area contributed by atoms with Gasteiger partial charge in [-0.15, -0.1) is 11.3 Å². The van der Waals surface area contributed by atoms with E-state index in [9.17, 15) is 9.59 Å². The monoisotopic (exact) mass is 252 g/mol. The van der Waals surface area contributed by atoms with Crippen molar-refractivity contribution in [2.45, 2.75) is 19.4 Å². The number of hydrogen-bond acceptors (Lipinski definition) is 5. The Labute approximate surface area is 102 Å². The van der Waals surface area contributed by atoms with E-state index in [1.807, 2.05) is 11.4 Å². The summed E-state index contributed by atoms with van der Waals surface area (Å²) in [6.07, 6.45) is 2.41. The fourth-order valence-electron chi connectivity index (χ4n) is 1.53. The normalized spacial score (nSPS) is 10.6. The summed E-state index contributed by atoms with van der Waals surface area (Å²) < 4.78 is 6.72. The fraction of sp³-hybridized carbons (Fsp3) is 0.364. The van der Waals surface area contributed by atoms with Crippen LogP contribution >= 0.6 is 11.3 Å². The Kier molecular flexibility index (Phi) is 3.53. The van der Waals surface area contributed by atoms with Gasteiger partial charge in [-0.2, -0.15) is 0 Å². The Morgan fingerprint density at radius 3 is 3.18 bits per heavy atom. The van der Waals surface area contributed by atoms with Crippen LogP contribution in [0.3, 0.4) is 0 Å². The number of aromatic nitrogens is 2. The summed E-state index contributed by atoms with van der Waals surface area (Å²) in [4.78, 5) is 27.1. The van der Waals surface area contributed by atoms with Crippen molar-refractivity contribution in [2.75, 3.05) is 7.11 Å². The summed E-state index contributed by atoms with van der Waals surface area (Å²) in [6.45, 7) is 0.481. The molecule has 0 aliphatic heterocycles. The molecule has 2 aromatic heterocycles. The fourth-order valence-corrected chi connectivity index (χ4v) is 2.33. The van der Waals surface area contributed by atoms with E-state index in [1.54, 1.807) is 0 Å². The van der Waals surface area contributed by atoms with Crippen LogP contribution < -0.4 is 5.56 Å². The van der Waals surface area contributed by atoms with Crippen LogP contribution in [-0.2, 0) is 16.1 Å². The highest BCUT2D eigenvalue weighted by molar-refractivity contribution is 7.17. The van der Waals surface area contributed by atoms with Crippen LogP contribution in [0.1, 0.15) is 12.8 Å². The summed E-state index contributed by atoms with van der Waals surface area (Å²) in [5.74, 6) is -0.261. The molecule has 6 heteroatoms. The van der Waals surface area contributed by atoms with Crippen molar-refractivity contribution in [2.24, 2.45) is 0 Å². The van der Waals surface area contributed by atoms with Gasteiger partial charge in [0, 0.05) is 13.0 Å². The van der Waals surface area contributed by atoms with E-state index in [4.69, 9.17) is 0 Å². The first kappa shape index (κ1) is 11.8. The van der Waals surface area contributed by atoms with Crippen molar-refractivity contribution in [1.82, 2.24) is 9.55 Å². The smallest absolute Gasteiger partial charge is 0.305 e. The van der Waals surface area contributed by atoms with Crippen LogP contribution in [0, 0.1) is 0 Å². The van der Waals surface area contributed by atoms with Gasteiger partial charge in [-0.25, -0.2) is 4.98 Å². The van der Waals surface area contributed by atoms with Crippen LogP contribution in [0.25, 0.3) is 10.2 Å². The number of aryl methyl sites for hydroxylation is 1. The molecule has 2 aromatic rings. The lowest BCUT2D eigenvalue weighted by Gasteiger charge is -2.04. The molecule has 2 heterocycles. The second-order valence-corrected chi connectivity index (χ2v) is 4.47. The van der Waals surface area contributed by atoms with E-state index in [2.05, 4.69) is 9.72 Å². The molecule has 90 valence electrons. The van der Waals surface area contributed by atoms with E-state index in [0.29, 0.717) is 24.1 Å². The molecule has 0 saturated heterocycles. The summed E-state index contributed by atoms with van der Waals surface area (Å²) in [5, 5.41) is 1.85. The predicted octanol–water partition coefficient (Wildman–Crippen LogP) is 1.41. The molecule has 0 radical (unpaired) electrons. The third kappa shape index (κ3) is 2.52. The second-order valence-electron chi connectivity index (χ2n) is 3.56. The number of methoxy groups -OCH3 is 1. The van der Waals surface area contributed by atoms with Gasteiger partial charge in [0.1, 0.15) is 4.70 Å². The number of rotatable bonds is 4. The Morgan fingerprint density at radius 1 is 1.59 bits per heavy atom. The van der Waals surface area contributed by atoms with Crippen LogP contribution in [0.2, 0.25) is 0 Å². The molecule has 0 aromatic carbocycles. The van der Waals surface area contributed by atoms with Gasteiger partial charge in [0.2, 0.25) is 0 Å². The molecule has 2 rings (SSSR count). The maximum atomic E-state index is 12.0. The molecule has 0 bridgehead atoms. The summed E-state index contributed by atoms with van der Waals surface area (Å²) >= 11 is 1.38. The molecular weight excluding hydrogens is 240 g/mol. The van der Waals surface area contributed by atoms with Gasteiger partial charge in [0.05, 0.1) is 19.0 Å². The van der Waals surface area contributed by atoms with Gasteiger partial charge >= 0.3 is 5.97 Å². The summed E-state index contributed by atoms with van der Waals surface area (Å²) in [5.41, 5.74) is 0.680. The van der Waals surface area contributed by atoms with Crippen molar-refractivity contribution in [3.8, 4) is 0 Å². The van der Waals surface area contributed by atoms with E-state index < -0.39 is 0 Å². The molecule has 0 atom stereocenters. The highest BCUT2D eigenvalue weighted by atomic mass is 32.1. The number of carbonyl (C=O) groups is 1. The Balaban J connectivity index is 2.11. The second kappa shape index (κ2) is 5.09. The number of esters is 1. The van der Waals surface area contributed by atoms with E-state index in [0.717, 1.165) is 5.52 Å². The number of ether oxygens (including phenoxy) is 1. The Bertz CT molecular complexity index is 588. The molecule has 5 nitrogen and oxygen atoms in total. The Hall–Kier alpha value is -1.69. The third-order valence-electron chi connectivity index (χ3n) is 2.44. The van der Waals surface area contributed by atoms with Crippen molar-refractivity contribution >= 4 is 27.5 Å².